The van der Waals surface area contributed by atoms with E-state index in [1.54, 1.807) is 32.7 Å². The van der Waals surface area contributed by atoms with E-state index in [0.29, 0.717) is 41.6 Å². The predicted octanol–water partition coefficient (Wildman–Crippen LogP) is 3.90. The van der Waals surface area contributed by atoms with Gasteiger partial charge >= 0.3 is 0 Å². The van der Waals surface area contributed by atoms with Gasteiger partial charge in [-0.3, -0.25) is 5.41 Å². The van der Waals surface area contributed by atoms with E-state index in [9.17, 15) is 4.39 Å². The van der Waals surface area contributed by atoms with E-state index in [-0.39, 0.29) is 11.3 Å². The first-order chi connectivity index (χ1) is 15.8. The number of halogens is 1. The fourth-order valence-electron chi connectivity index (χ4n) is 3.47. The van der Waals surface area contributed by atoms with Gasteiger partial charge in [-0.05, 0) is 49.2 Å². The van der Waals surface area contributed by atoms with Gasteiger partial charge in [-0.25, -0.2) is 14.4 Å². The Kier molecular flexibility index (Phi) is 6.15. The van der Waals surface area contributed by atoms with Crippen LogP contribution in [0, 0.1) is 11.2 Å². The number of ether oxygens (including phenoxy) is 3. The molecule has 0 aliphatic carbocycles. The van der Waals surface area contributed by atoms with Crippen molar-refractivity contribution in [2.45, 2.75) is 32.6 Å². The molecule has 0 fully saturated rings. The van der Waals surface area contributed by atoms with E-state index in [0.717, 1.165) is 11.1 Å². The molecule has 8 nitrogen and oxygen atoms in total. The summed E-state index contributed by atoms with van der Waals surface area (Å²) in [5.74, 6) is 1.57. The predicted molar refractivity (Wildman–Crippen MR) is 121 cm³/mol. The minimum atomic E-state index is -0.777. The van der Waals surface area contributed by atoms with Crippen LogP contribution in [0.2, 0.25) is 0 Å². The number of hydrogen-bond donors (Lipinski definition) is 2. The summed E-state index contributed by atoms with van der Waals surface area (Å²) in [4.78, 5) is 12.2. The Labute approximate surface area is 190 Å². The monoisotopic (exact) mass is 451 g/mol. The highest BCUT2D eigenvalue weighted by Gasteiger charge is 2.26. The first kappa shape index (κ1) is 22.5. The molecule has 2 aromatic carbocycles. The maximum Gasteiger partial charge on any atom is 0.173 e. The molecule has 9 heteroatoms. The number of aromatic amines is 1. The summed E-state index contributed by atoms with van der Waals surface area (Å²) >= 11 is 0. The third kappa shape index (κ3) is 4.73. The average molecular weight is 452 g/mol. The van der Waals surface area contributed by atoms with E-state index in [1.165, 1.54) is 12.1 Å². The topological polar surface area (TPSA) is 98.0 Å². The SMILES string of the molecule is COc1ccc(Cn2cnc(=N)c3[nH]c(C(C)(C)OCc4ccc(F)cc4)nc32)cc1OC. The third-order valence-electron chi connectivity index (χ3n) is 5.40. The number of aromatic nitrogens is 4. The van der Waals surface area contributed by atoms with Crippen LogP contribution in [0.15, 0.2) is 48.8 Å². The molecule has 2 N–H and O–H groups in total. The molecule has 0 aliphatic rings. The van der Waals surface area contributed by atoms with Crippen LogP contribution < -0.4 is 15.0 Å². The fourth-order valence-corrected chi connectivity index (χ4v) is 3.47. The lowest BCUT2D eigenvalue weighted by Crippen LogP contribution is -2.23. The van der Waals surface area contributed by atoms with Gasteiger partial charge in [0.15, 0.2) is 22.6 Å². The quantitative estimate of drug-likeness (QED) is 0.424. The molecular weight excluding hydrogens is 425 g/mol. The van der Waals surface area contributed by atoms with Crippen molar-refractivity contribution in [3.05, 3.63) is 77.0 Å². The Morgan fingerprint density at radius 1 is 1.03 bits per heavy atom. The van der Waals surface area contributed by atoms with Crippen LogP contribution in [0.5, 0.6) is 11.5 Å². The minimum Gasteiger partial charge on any atom is -0.493 e. The molecular formula is C24H26FN5O3. The van der Waals surface area contributed by atoms with Crippen LogP contribution in [0.25, 0.3) is 11.2 Å². The number of benzene rings is 2. The van der Waals surface area contributed by atoms with Crippen LogP contribution in [0.4, 0.5) is 4.39 Å². The van der Waals surface area contributed by atoms with E-state index in [1.807, 2.05) is 36.6 Å². The lowest BCUT2D eigenvalue weighted by Gasteiger charge is -2.23. The molecule has 0 saturated heterocycles. The summed E-state index contributed by atoms with van der Waals surface area (Å²) in [6.07, 6.45) is 1.60. The van der Waals surface area contributed by atoms with Gasteiger partial charge in [0.25, 0.3) is 0 Å². The van der Waals surface area contributed by atoms with Gasteiger partial charge in [0.05, 0.1) is 33.7 Å². The molecule has 0 aliphatic heterocycles. The molecule has 4 rings (SSSR count). The van der Waals surface area contributed by atoms with E-state index in [2.05, 4.69) is 9.97 Å². The van der Waals surface area contributed by atoms with Gasteiger partial charge < -0.3 is 23.8 Å². The van der Waals surface area contributed by atoms with E-state index in [4.69, 9.17) is 24.6 Å². The molecule has 2 aromatic heterocycles. The van der Waals surface area contributed by atoms with Crippen molar-refractivity contribution >= 4 is 11.2 Å². The van der Waals surface area contributed by atoms with E-state index >= 15 is 0 Å². The van der Waals surface area contributed by atoms with Crippen molar-refractivity contribution in [2.24, 2.45) is 0 Å². The number of H-pyrrole nitrogens is 1. The second-order valence-corrected chi connectivity index (χ2v) is 8.12. The standard InChI is InChI=1S/C24H26FN5O3/c1-24(2,33-13-15-5-8-17(25)9-6-15)23-28-20-21(26)27-14-30(22(20)29-23)12-16-7-10-18(31-3)19(11-16)32-4/h5-11,14,26H,12-13H2,1-4H3,(H,28,29). The van der Waals surface area contributed by atoms with Gasteiger partial charge in [-0.1, -0.05) is 18.2 Å². The number of nitrogens with one attached hydrogen (secondary N) is 2. The van der Waals surface area contributed by atoms with Gasteiger partial charge in [0, 0.05) is 0 Å². The molecule has 0 radical (unpaired) electrons. The Morgan fingerprint density at radius 3 is 2.42 bits per heavy atom. The van der Waals surface area contributed by atoms with Gasteiger partial charge in [-0.15, -0.1) is 0 Å². The first-order valence-corrected chi connectivity index (χ1v) is 10.4. The average Bonchev–Trinajstić information content (AvgIpc) is 3.28. The highest BCUT2D eigenvalue weighted by atomic mass is 19.1. The highest BCUT2D eigenvalue weighted by Crippen LogP contribution is 2.29. The van der Waals surface area contributed by atoms with Gasteiger partial charge in [-0.2, -0.15) is 0 Å². The number of nitrogens with zero attached hydrogens (tertiary/aromatic N) is 3. The zero-order valence-corrected chi connectivity index (χ0v) is 19.0. The molecule has 172 valence electrons. The third-order valence-corrected chi connectivity index (χ3v) is 5.40. The zero-order valence-electron chi connectivity index (χ0n) is 19.0. The fraction of sp³-hybridized carbons (Fsp3) is 0.292. The smallest absolute Gasteiger partial charge is 0.173 e. The molecule has 0 saturated carbocycles. The second kappa shape index (κ2) is 9.03. The van der Waals surface area contributed by atoms with Gasteiger partial charge in [0.1, 0.15) is 22.8 Å². The Balaban J connectivity index is 1.63. The summed E-state index contributed by atoms with van der Waals surface area (Å²) in [6.45, 7) is 4.56. The molecule has 0 spiro atoms. The maximum atomic E-state index is 13.2. The lowest BCUT2D eigenvalue weighted by atomic mass is 10.1. The Hall–Kier alpha value is -3.72. The van der Waals surface area contributed by atoms with Crippen LogP contribution in [0.3, 0.4) is 0 Å². The second-order valence-electron chi connectivity index (χ2n) is 8.12. The first-order valence-electron chi connectivity index (χ1n) is 10.4. The summed E-state index contributed by atoms with van der Waals surface area (Å²) in [6, 6.07) is 11.9. The summed E-state index contributed by atoms with van der Waals surface area (Å²) < 4.78 is 31.8. The number of hydrogen-bond acceptors (Lipinski definition) is 6. The van der Waals surface area contributed by atoms with Crippen molar-refractivity contribution in [3.63, 3.8) is 0 Å². The normalized spacial score (nSPS) is 11.7. The summed E-state index contributed by atoms with van der Waals surface area (Å²) in [7, 11) is 3.19. The molecule has 2 heterocycles. The lowest BCUT2D eigenvalue weighted by molar-refractivity contribution is -0.0393. The number of methoxy groups -OCH3 is 2. The van der Waals surface area contributed by atoms with Crippen molar-refractivity contribution < 1.29 is 18.6 Å². The van der Waals surface area contributed by atoms with Crippen molar-refractivity contribution in [2.75, 3.05) is 14.2 Å². The molecule has 33 heavy (non-hydrogen) atoms. The Bertz CT molecular complexity index is 1330. The maximum absolute atomic E-state index is 13.2. The van der Waals surface area contributed by atoms with Crippen LogP contribution in [0.1, 0.15) is 30.8 Å². The number of rotatable bonds is 8. The molecule has 0 unspecified atom stereocenters. The van der Waals surface area contributed by atoms with E-state index < -0.39 is 5.60 Å². The van der Waals surface area contributed by atoms with Crippen molar-refractivity contribution in [3.8, 4) is 11.5 Å². The zero-order chi connectivity index (χ0) is 23.6. The Morgan fingerprint density at radius 2 is 1.73 bits per heavy atom. The summed E-state index contributed by atoms with van der Waals surface area (Å²) in [5.41, 5.74) is 2.26. The van der Waals surface area contributed by atoms with Crippen LogP contribution >= 0.6 is 0 Å². The van der Waals surface area contributed by atoms with Crippen molar-refractivity contribution in [1.29, 1.82) is 5.41 Å². The molecule has 0 bridgehead atoms. The molecule has 0 amide bonds. The van der Waals surface area contributed by atoms with Crippen LogP contribution in [-0.2, 0) is 23.5 Å². The van der Waals surface area contributed by atoms with Crippen molar-refractivity contribution in [1.82, 2.24) is 19.5 Å². The minimum absolute atomic E-state index is 0.0987. The van der Waals surface area contributed by atoms with Gasteiger partial charge in [0.2, 0.25) is 0 Å². The molecule has 0 atom stereocenters. The highest BCUT2D eigenvalue weighted by molar-refractivity contribution is 5.69. The molecule has 4 aromatic rings. The van der Waals surface area contributed by atoms with Crippen LogP contribution in [-0.4, -0.2) is 33.7 Å². The number of fused-ring (bicyclic) bond motifs is 1. The largest absolute Gasteiger partial charge is 0.493 e. The number of imidazole rings is 1. The summed E-state index contributed by atoms with van der Waals surface area (Å²) in [5, 5.41) is 8.22.